The van der Waals surface area contributed by atoms with Crippen LogP contribution >= 0.6 is 0 Å². The number of hydrogen-bond acceptors (Lipinski definition) is 8. The Morgan fingerprint density at radius 1 is 1.11 bits per heavy atom. The Morgan fingerprint density at radius 2 is 2.00 bits per heavy atom. The lowest BCUT2D eigenvalue weighted by atomic mass is 9.73. The third-order valence-electron chi connectivity index (χ3n) is 8.83. The molecule has 4 unspecified atom stereocenters. The van der Waals surface area contributed by atoms with Gasteiger partial charge in [-0.25, -0.2) is 19.8 Å². The summed E-state index contributed by atoms with van der Waals surface area (Å²) in [6.07, 6.45) is 10.8. The van der Waals surface area contributed by atoms with Gasteiger partial charge < -0.3 is 20.5 Å². The first-order valence-corrected chi connectivity index (χ1v) is 15.7. The highest BCUT2D eigenvalue weighted by Crippen LogP contribution is 2.44. The van der Waals surface area contributed by atoms with E-state index in [0.717, 1.165) is 78.1 Å². The number of anilines is 2. The molecule has 1 aliphatic heterocycles. The lowest BCUT2D eigenvalue weighted by Crippen LogP contribution is -2.34. The van der Waals surface area contributed by atoms with Gasteiger partial charge in [-0.2, -0.15) is 0 Å². The predicted molar refractivity (Wildman–Crippen MR) is 172 cm³/mol. The van der Waals surface area contributed by atoms with Gasteiger partial charge in [0.15, 0.2) is 5.65 Å². The van der Waals surface area contributed by atoms with Gasteiger partial charge in [-0.05, 0) is 93.1 Å². The summed E-state index contributed by atoms with van der Waals surface area (Å²) < 4.78 is 14.7. The number of H-pyrrole nitrogens is 1. The number of pyridine rings is 2. The van der Waals surface area contributed by atoms with Gasteiger partial charge in [0, 0.05) is 49.2 Å². The Bertz CT molecular complexity index is 1610. The second-order valence-corrected chi connectivity index (χ2v) is 12.3. The Hall–Kier alpha value is -3.93. The summed E-state index contributed by atoms with van der Waals surface area (Å²) in [5, 5.41) is 6.34. The van der Waals surface area contributed by atoms with Crippen molar-refractivity contribution in [3.8, 4) is 11.1 Å². The van der Waals surface area contributed by atoms with Crippen molar-refractivity contribution >= 4 is 28.4 Å². The van der Waals surface area contributed by atoms with Gasteiger partial charge >= 0.3 is 0 Å². The van der Waals surface area contributed by atoms with Crippen LogP contribution in [0.15, 0.2) is 48.9 Å². The lowest BCUT2D eigenvalue weighted by molar-refractivity contribution is -0.116. The van der Waals surface area contributed by atoms with Crippen molar-refractivity contribution in [2.75, 3.05) is 37.8 Å². The van der Waals surface area contributed by atoms with Crippen LogP contribution < -0.4 is 21.5 Å². The highest BCUT2D eigenvalue weighted by molar-refractivity contribution is 5.91. The van der Waals surface area contributed by atoms with E-state index in [4.69, 9.17) is 4.98 Å². The number of carbonyl (C=O) groups is 1. The summed E-state index contributed by atoms with van der Waals surface area (Å²) >= 11 is 0. The molecule has 0 radical (unpaired) electrons. The van der Waals surface area contributed by atoms with Crippen molar-refractivity contribution < 1.29 is 9.18 Å². The monoisotopic (exact) mass is 599 g/mol. The maximum absolute atomic E-state index is 14.7. The van der Waals surface area contributed by atoms with E-state index in [-0.39, 0.29) is 17.8 Å². The number of amides is 1. The predicted octanol–water partition coefficient (Wildman–Crippen LogP) is 5.36. The van der Waals surface area contributed by atoms with Crippen molar-refractivity contribution in [1.29, 1.82) is 0 Å². The van der Waals surface area contributed by atoms with Gasteiger partial charge in [0.2, 0.25) is 5.91 Å². The first-order valence-electron chi connectivity index (χ1n) is 15.7. The Morgan fingerprint density at radius 3 is 2.84 bits per heavy atom. The number of benzene rings is 1. The molecule has 232 valence electrons. The molecule has 4 atom stereocenters. The van der Waals surface area contributed by atoms with E-state index in [1.165, 1.54) is 6.07 Å². The molecule has 2 aliphatic rings. The molecule has 5 N–H and O–H groups in total. The van der Waals surface area contributed by atoms with Crippen LogP contribution in [0.1, 0.15) is 68.8 Å². The van der Waals surface area contributed by atoms with Crippen LogP contribution in [-0.2, 0) is 4.79 Å². The summed E-state index contributed by atoms with van der Waals surface area (Å²) in [5.74, 6) is 1.17. The standard InChI is InChI=1S/C33H42FN9O/c1-4-5-6-29(44)38-25-15-22(18-35-19-25)20-7-8-28-27(16-20)31(42-41-28)33-39-30-26(9-10-37-32(30)40-33)21-13-23(34)17-24(14-21)36-11-12-43(2)3/h9-10,13-15,17-20,27-28,31,36,41-42H,4-8,11-12,16H2,1-3H3,(H,38,44)(H,37,39,40). The zero-order valence-corrected chi connectivity index (χ0v) is 25.7. The van der Waals surface area contributed by atoms with Crippen molar-refractivity contribution in [1.82, 2.24) is 35.7 Å². The van der Waals surface area contributed by atoms with Gasteiger partial charge in [0.05, 0.1) is 23.4 Å². The number of aromatic amines is 1. The van der Waals surface area contributed by atoms with Crippen molar-refractivity contribution in [2.45, 2.75) is 63.5 Å². The quantitative estimate of drug-likeness (QED) is 0.156. The molecular weight excluding hydrogens is 557 g/mol. The molecule has 1 amide bonds. The SMILES string of the molecule is CCCCC(=O)Nc1cncc(C2CCC3NNC(c4nc5nccc(-c6cc(F)cc(NCCN(C)C)c6)c5[nH]4)C3C2)c1. The Kier molecular flexibility index (Phi) is 9.15. The van der Waals surface area contributed by atoms with E-state index in [0.29, 0.717) is 36.5 Å². The highest BCUT2D eigenvalue weighted by Gasteiger charge is 2.42. The number of hydrazine groups is 1. The summed E-state index contributed by atoms with van der Waals surface area (Å²) in [5.41, 5.74) is 12.7. The molecule has 10 nitrogen and oxygen atoms in total. The van der Waals surface area contributed by atoms with Crippen LogP contribution in [0.2, 0.25) is 0 Å². The lowest BCUT2D eigenvalue weighted by Gasteiger charge is -2.33. The second-order valence-electron chi connectivity index (χ2n) is 12.3. The highest BCUT2D eigenvalue weighted by atomic mass is 19.1. The molecule has 11 heteroatoms. The number of carbonyl (C=O) groups excluding carboxylic acids is 1. The second kappa shape index (κ2) is 13.4. The summed E-state index contributed by atoms with van der Waals surface area (Å²) in [6.45, 7) is 3.64. The van der Waals surface area contributed by atoms with Crippen molar-refractivity contribution in [2.24, 2.45) is 5.92 Å². The van der Waals surface area contributed by atoms with Crippen LogP contribution in [0, 0.1) is 11.7 Å². The first-order chi connectivity index (χ1) is 21.4. The van der Waals surface area contributed by atoms with Gasteiger partial charge in [0.1, 0.15) is 11.6 Å². The number of fused-ring (bicyclic) bond motifs is 2. The van der Waals surface area contributed by atoms with Crippen molar-refractivity contribution in [3.05, 3.63) is 66.1 Å². The van der Waals surface area contributed by atoms with Crippen LogP contribution in [0.25, 0.3) is 22.3 Å². The minimum absolute atomic E-state index is 0.0340. The fourth-order valence-electron chi connectivity index (χ4n) is 6.53. The number of imidazole rings is 1. The molecule has 0 spiro atoms. The fraction of sp³-hybridized carbons (Fsp3) is 0.455. The Balaban J connectivity index is 1.21. The Labute approximate surface area is 257 Å². The molecule has 4 heterocycles. The number of hydrogen-bond donors (Lipinski definition) is 5. The van der Waals surface area contributed by atoms with Gasteiger partial charge in [-0.15, -0.1) is 0 Å². The number of nitrogens with one attached hydrogen (secondary N) is 5. The molecule has 44 heavy (non-hydrogen) atoms. The smallest absolute Gasteiger partial charge is 0.224 e. The first kappa shape index (κ1) is 30.1. The number of aromatic nitrogens is 4. The largest absolute Gasteiger partial charge is 0.384 e. The molecule has 1 saturated carbocycles. The van der Waals surface area contributed by atoms with Crippen LogP contribution in [0.5, 0.6) is 0 Å². The molecule has 2 fully saturated rings. The minimum atomic E-state index is -0.295. The average Bonchev–Trinajstić information content (AvgIpc) is 3.63. The number of likely N-dealkylation sites (N-methyl/N-ethyl adjacent to an activating group) is 1. The molecule has 6 rings (SSSR count). The molecule has 1 aromatic carbocycles. The molecule has 1 aliphatic carbocycles. The fourth-order valence-corrected chi connectivity index (χ4v) is 6.53. The summed E-state index contributed by atoms with van der Waals surface area (Å²) in [4.78, 5) is 31.8. The normalized spacial score (nSPS) is 21.5. The van der Waals surface area contributed by atoms with Crippen LogP contribution in [0.4, 0.5) is 15.8 Å². The molecule has 4 aromatic rings. The summed E-state index contributed by atoms with van der Waals surface area (Å²) in [7, 11) is 4.02. The third kappa shape index (κ3) is 6.74. The van der Waals surface area contributed by atoms with E-state index >= 15 is 0 Å². The maximum Gasteiger partial charge on any atom is 0.224 e. The van der Waals surface area contributed by atoms with Crippen molar-refractivity contribution in [3.63, 3.8) is 0 Å². The average molecular weight is 600 g/mol. The minimum Gasteiger partial charge on any atom is -0.384 e. The zero-order valence-electron chi connectivity index (χ0n) is 25.7. The molecule has 0 bridgehead atoms. The van der Waals surface area contributed by atoms with E-state index in [9.17, 15) is 9.18 Å². The van der Waals surface area contributed by atoms with Gasteiger partial charge in [0.25, 0.3) is 0 Å². The van der Waals surface area contributed by atoms with Gasteiger partial charge in [-0.3, -0.25) is 15.2 Å². The number of nitrogens with zero attached hydrogens (tertiary/aromatic N) is 4. The molecular formula is C33H42FN9O. The number of rotatable bonds is 11. The van der Waals surface area contributed by atoms with E-state index in [1.807, 2.05) is 32.4 Å². The molecule has 3 aromatic heterocycles. The summed E-state index contributed by atoms with van der Waals surface area (Å²) in [6, 6.07) is 9.31. The zero-order chi connectivity index (χ0) is 30.6. The van der Waals surface area contributed by atoms with Crippen LogP contribution in [-0.4, -0.2) is 64.0 Å². The van der Waals surface area contributed by atoms with Gasteiger partial charge in [-0.1, -0.05) is 13.3 Å². The van der Waals surface area contributed by atoms with Crippen LogP contribution in [0.3, 0.4) is 0 Å². The van der Waals surface area contributed by atoms with E-state index in [1.54, 1.807) is 18.5 Å². The third-order valence-corrected chi connectivity index (χ3v) is 8.83. The van der Waals surface area contributed by atoms with E-state index in [2.05, 4.69) is 54.3 Å². The maximum atomic E-state index is 14.7. The van der Waals surface area contributed by atoms with E-state index < -0.39 is 0 Å². The number of unbranched alkanes of at least 4 members (excludes halogenated alkanes) is 1. The topological polar surface area (TPSA) is 123 Å². The molecule has 1 saturated heterocycles. The number of halogens is 1.